The molecule has 0 unspecified atom stereocenters. The smallest absolute Gasteiger partial charge is 0.291 e. The molecular formula is C27H29N9O3. The van der Waals surface area contributed by atoms with Crippen molar-refractivity contribution in [2.75, 3.05) is 25.1 Å². The van der Waals surface area contributed by atoms with Crippen molar-refractivity contribution in [1.29, 1.82) is 0 Å². The monoisotopic (exact) mass is 527 g/mol. The summed E-state index contributed by atoms with van der Waals surface area (Å²) in [6, 6.07) is 14.7. The average Bonchev–Trinajstić information content (AvgIpc) is 3.55. The van der Waals surface area contributed by atoms with Crippen molar-refractivity contribution >= 4 is 17.5 Å². The van der Waals surface area contributed by atoms with Crippen LogP contribution in [0.4, 0.5) is 5.69 Å². The first-order chi connectivity index (χ1) is 18.9. The van der Waals surface area contributed by atoms with E-state index in [2.05, 4.69) is 35.1 Å². The maximum atomic E-state index is 13.3. The molecule has 0 fully saturated rings. The van der Waals surface area contributed by atoms with E-state index in [1.54, 1.807) is 11.7 Å². The van der Waals surface area contributed by atoms with E-state index in [1.165, 1.54) is 11.2 Å². The fourth-order valence-corrected chi connectivity index (χ4v) is 4.96. The molecule has 4 aromatic rings. The summed E-state index contributed by atoms with van der Waals surface area (Å²) in [5.74, 6) is 1.68. The maximum absolute atomic E-state index is 13.3. The number of hydrogen-bond donors (Lipinski definition) is 1. The molecular weight excluding hydrogens is 498 g/mol. The Hall–Kier alpha value is -4.58. The Morgan fingerprint density at radius 3 is 2.77 bits per heavy atom. The molecule has 200 valence electrons. The van der Waals surface area contributed by atoms with Crippen molar-refractivity contribution in [3.63, 3.8) is 0 Å². The quantitative estimate of drug-likeness (QED) is 0.399. The van der Waals surface area contributed by atoms with Gasteiger partial charge >= 0.3 is 0 Å². The number of hydrogen-bond acceptors (Lipinski definition) is 8. The highest BCUT2D eigenvalue weighted by Crippen LogP contribution is 2.32. The van der Waals surface area contributed by atoms with Crippen molar-refractivity contribution < 1.29 is 14.3 Å². The summed E-state index contributed by atoms with van der Waals surface area (Å²) in [4.78, 5) is 34.2. The molecule has 2 amide bonds. The number of nitrogens with one attached hydrogen (secondary N) is 1. The Morgan fingerprint density at radius 2 is 1.92 bits per heavy atom. The number of aromatic nitrogens is 6. The largest absolute Gasteiger partial charge is 0.489 e. The van der Waals surface area contributed by atoms with E-state index in [9.17, 15) is 9.59 Å². The van der Waals surface area contributed by atoms with Crippen LogP contribution in [0, 0.1) is 6.92 Å². The van der Waals surface area contributed by atoms with Crippen molar-refractivity contribution in [1.82, 2.24) is 39.7 Å². The van der Waals surface area contributed by atoms with Gasteiger partial charge in [-0.1, -0.05) is 36.4 Å². The fraction of sp³-hybridized carbons (Fsp3) is 0.333. The van der Waals surface area contributed by atoms with Gasteiger partial charge in [0.25, 0.3) is 11.8 Å². The van der Waals surface area contributed by atoms with Gasteiger partial charge in [0.1, 0.15) is 36.4 Å². The number of rotatable bonds is 6. The Balaban J connectivity index is 1.11. The first kappa shape index (κ1) is 24.7. The van der Waals surface area contributed by atoms with Crippen LogP contribution in [0.25, 0.3) is 0 Å². The van der Waals surface area contributed by atoms with Gasteiger partial charge in [0, 0.05) is 26.7 Å². The van der Waals surface area contributed by atoms with E-state index in [0.29, 0.717) is 31.1 Å². The minimum atomic E-state index is -0.879. The molecule has 1 N–H and O–H groups in total. The van der Waals surface area contributed by atoms with Gasteiger partial charge in [0.15, 0.2) is 0 Å². The molecule has 39 heavy (non-hydrogen) atoms. The van der Waals surface area contributed by atoms with Crippen molar-refractivity contribution in [3.05, 3.63) is 83.5 Å². The van der Waals surface area contributed by atoms with E-state index in [1.807, 2.05) is 55.5 Å². The lowest BCUT2D eigenvalue weighted by Crippen LogP contribution is -2.49. The number of ether oxygens (including phenoxy) is 1. The first-order valence-corrected chi connectivity index (χ1v) is 12.8. The van der Waals surface area contributed by atoms with Gasteiger partial charge in [0.2, 0.25) is 5.82 Å². The van der Waals surface area contributed by atoms with Gasteiger partial charge in [0.05, 0.1) is 18.8 Å². The summed E-state index contributed by atoms with van der Waals surface area (Å²) in [7, 11) is 1.69. The predicted molar refractivity (Wildman–Crippen MR) is 141 cm³/mol. The van der Waals surface area contributed by atoms with Crippen LogP contribution in [0.15, 0.2) is 54.9 Å². The number of carbonyl (C=O) groups is 2. The van der Waals surface area contributed by atoms with E-state index < -0.39 is 11.9 Å². The lowest BCUT2D eigenvalue weighted by atomic mass is 10.1. The zero-order valence-electron chi connectivity index (χ0n) is 21.8. The Morgan fingerprint density at radius 1 is 1.08 bits per heavy atom. The van der Waals surface area contributed by atoms with Crippen LogP contribution in [0.1, 0.15) is 33.4 Å². The molecule has 0 spiro atoms. The molecule has 2 aromatic carbocycles. The fourth-order valence-electron chi connectivity index (χ4n) is 4.96. The van der Waals surface area contributed by atoms with Gasteiger partial charge in [-0.3, -0.25) is 14.5 Å². The third-order valence-corrected chi connectivity index (χ3v) is 7.07. The number of nitrogens with zero attached hydrogens (tertiary/aromatic N) is 8. The summed E-state index contributed by atoms with van der Waals surface area (Å²) < 4.78 is 9.69. The van der Waals surface area contributed by atoms with Gasteiger partial charge in [-0.25, -0.2) is 9.67 Å². The second-order valence-electron chi connectivity index (χ2n) is 9.81. The molecule has 2 aliphatic rings. The number of anilines is 1. The van der Waals surface area contributed by atoms with E-state index in [-0.39, 0.29) is 18.3 Å². The van der Waals surface area contributed by atoms with Crippen LogP contribution in [0.2, 0.25) is 0 Å². The number of aryl methyl sites for hydroxylation is 1. The molecule has 0 saturated heterocycles. The van der Waals surface area contributed by atoms with Crippen molar-refractivity contribution in [3.8, 4) is 5.75 Å². The summed E-state index contributed by atoms with van der Waals surface area (Å²) in [5.41, 5.74) is 2.76. The Labute approximate surface area is 225 Å². The summed E-state index contributed by atoms with van der Waals surface area (Å²) in [5, 5.41) is 15.5. The standard InChI is InChI=1S/C27H29N9O3/c1-18-30-31-24-15-34(10-11-36(18)24)13-20-8-9-23-22(12-20)33(2)27(38)21(16-39-23)29-26(37)25-28-17-35(32-25)14-19-6-4-3-5-7-19/h3-9,12,17,21H,10-11,13-16H2,1-2H3,(H,29,37)/t21-/m1/s1. The molecule has 4 heterocycles. The van der Waals surface area contributed by atoms with E-state index in [4.69, 9.17) is 4.74 Å². The van der Waals surface area contributed by atoms with Crippen LogP contribution in [-0.4, -0.2) is 72.5 Å². The second-order valence-corrected chi connectivity index (χ2v) is 9.81. The topological polar surface area (TPSA) is 123 Å². The van der Waals surface area contributed by atoms with Gasteiger partial charge < -0.3 is 19.5 Å². The zero-order valence-corrected chi connectivity index (χ0v) is 21.8. The lowest BCUT2D eigenvalue weighted by molar-refractivity contribution is -0.120. The molecule has 1 atom stereocenters. The molecule has 6 rings (SSSR count). The highest BCUT2D eigenvalue weighted by molar-refractivity contribution is 6.02. The normalized spacial score (nSPS) is 17.2. The molecule has 0 saturated carbocycles. The SMILES string of the molecule is Cc1nnc2n1CCN(Cc1ccc3c(c1)N(C)C(=O)[C@H](NC(=O)c1ncn(Cc4ccccc4)n1)CO3)C2. The van der Waals surface area contributed by atoms with E-state index >= 15 is 0 Å². The summed E-state index contributed by atoms with van der Waals surface area (Å²) in [6.45, 7) is 5.62. The van der Waals surface area contributed by atoms with Crippen LogP contribution in [0.5, 0.6) is 5.75 Å². The molecule has 2 aliphatic heterocycles. The highest BCUT2D eigenvalue weighted by atomic mass is 16.5. The van der Waals surface area contributed by atoms with Gasteiger partial charge in [-0.2, -0.15) is 0 Å². The third kappa shape index (κ3) is 5.10. The number of benzene rings is 2. The third-order valence-electron chi connectivity index (χ3n) is 7.07. The second kappa shape index (κ2) is 10.3. The van der Waals surface area contributed by atoms with Crippen molar-refractivity contribution in [2.24, 2.45) is 0 Å². The molecule has 0 aliphatic carbocycles. The van der Waals surface area contributed by atoms with Crippen LogP contribution in [-0.2, 0) is 31.0 Å². The van der Waals surface area contributed by atoms with Gasteiger partial charge in [-0.05, 0) is 30.2 Å². The lowest BCUT2D eigenvalue weighted by Gasteiger charge is -2.28. The van der Waals surface area contributed by atoms with Crippen molar-refractivity contribution in [2.45, 2.75) is 39.1 Å². The zero-order chi connectivity index (χ0) is 26.9. The number of amides is 2. The van der Waals surface area contributed by atoms with Crippen LogP contribution in [0.3, 0.4) is 0 Å². The molecule has 12 nitrogen and oxygen atoms in total. The number of likely N-dealkylation sites (N-methyl/N-ethyl adjacent to an activating group) is 1. The highest BCUT2D eigenvalue weighted by Gasteiger charge is 2.32. The molecule has 0 bridgehead atoms. The summed E-state index contributed by atoms with van der Waals surface area (Å²) >= 11 is 0. The van der Waals surface area contributed by atoms with Gasteiger partial charge in [-0.15, -0.1) is 15.3 Å². The van der Waals surface area contributed by atoms with Crippen LogP contribution < -0.4 is 15.0 Å². The Kier molecular flexibility index (Phi) is 6.53. The minimum absolute atomic E-state index is 0.00186. The summed E-state index contributed by atoms with van der Waals surface area (Å²) in [6.07, 6.45) is 1.50. The van der Waals surface area contributed by atoms with Crippen LogP contribution >= 0.6 is 0 Å². The predicted octanol–water partition coefficient (Wildman–Crippen LogP) is 1.40. The Bertz CT molecular complexity index is 1510. The molecule has 0 radical (unpaired) electrons. The number of carbonyl (C=O) groups excluding carboxylic acids is 2. The van der Waals surface area contributed by atoms with E-state index in [0.717, 1.165) is 35.9 Å². The minimum Gasteiger partial charge on any atom is -0.489 e. The maximum Gasteiger partial charge on any atom is 0.291 e. The average molecular weight is 528 g/mol. The first-order valence-electron chi connectivity index (χ1n) is 12.8. The molecule has 2 aromatic heterocycles. The number of fused-ring (bicyclic) bond motifs is 2. The molecule has 12 heteroatoms.